The van der Waals surface area contributed by atoms with E-state index in [1.165, 1.54) is 0 Å². The number of nitrogens with two attached hydrogens (primary N) is 1. The molecule has 0 saturated carbocycles. The van der Waals surface area contributed by atoms with Crippen molar-refractivity contribution in [3.05, 3.63) is 28.2 Å². The summed E-state index contributed by atoms with van der Waals surface area (Å²) in [4.78, 5) is 24.5. The van der Waals surface area contributed by atoms with Crippen LogP contribution in [0.3, 0.4) is 0 Å². The summed E-state index contributed by atoms with van der Waals surface area (Å²) in [7, 11) is 0. The molecule has 0 aliphatic carbocycles. The lowest BCUT2D eigenvalue weighted by molar-refractivity contribution is -0.125. The highest BCUT2D eigenvalue weighted by Gasteiger charge is 2.39. The third kappa shape index (κ3) is 2.27. The summed E-state index contributed by atoms with van der Waals surface area (Å²) in [5.74, 6) is -0.285. The van der Waals surface area contributed by atoms with Crippen molar-refractivity contribution >= 4 is 33.8 Å². The average Bonchev–Trinajstić information content (AvgIpc) is 2.73. The molecule has 1 heterocycles. The van der Waals surface area contributed by atoms with Gasteiger partial charge in [-0.25, -0.2) is 0 Å². The maximum absolute atomic E-state index is 11.4. The first-order valence-electron chi connectivity index (χ1n) is 5.76. The van der Waals surface area contributed by atoms with E-state index in [0.717, 1.165) is 23.0 Å². The van der Waals surface area contributed by atoms with E-state index in [1.807, 2.05) is 24.0 Å². The predicted octanol–water partition coefficient (Wildman–Crippen LogP) is 1.96. The molecule has 1 atom stereocenters. The summed E-state index contributed by atoms with van der Waals surface area (Å²) in [5.41, 5.74) is 6.40. The minimum Gasteiger partial charge on any atom is -0.370 e. The molecule has 2 rings (SSSR count). The molecule has 1 aliphatic rings. The zero-order chi connectivity index (χ0) is 13.3. The molecule has 1 fully saturated rings. The largest absolute Gasteiger partial charge is 0.370 e. The molecule has 1 saturated heterocycles. The van der Waals surface area contributed by atoms with Gasteiger partial charge in [-0.05, 0) is 31.5 Å². The Balaban J connectivity index is 2.32. The number of anilines is 1. The molecule has 4 nitrogen and oxygen atoms in total. The molecule has 96 valence electrons. The van der Waals surface area contributed by atoms with Gasteiger partial charge >= 0.3 is 0 Å². The second kappa shape index (κ2) is 4.72. The number of hydrogen-bond acceptors (Lipinski definition) is 3. The number of nitrogens with zero attached hydrogens (tertiary/aromatic N) is 1. The topological polar surface area (TPSA) is 63.4 Å². The van der Waals surface area contributed by atoms with Gasteiger partial charge in [-0.15, -0.1) is 0 Å². The molecular weight excluding hydrogens is 296 g/mol. The van der Waals surface area contributed by atoms with Gasteiger partial charge in [-0.2, -0.15) is 0 Å². The van der Waals surface area contributed by atoms with Crippen LogP contribution in [0.4, 0.5) is 5.69 Å². The van der Waals surface area contributed by atoms with Gasteiger partial charge in [-0.3, -0.25) is 9.59 Å². The van der Waals surface area contributed by atoms with Crippen molar-refractivity contribution in [3.63, 3.8) is 0 Å². The van der Waals surface area contributed by atoms with Gasteiger partial charge in [-0.1, -0.05) is 15.9 Å². The van der Waals surface area contributed by atoms with E-state index in [4.69, 9.17) is 5.73 Å². The second-order valence-electron chi connectivity index (χ2n) is 4.92. The van der Waals surface area contributed by atoms with E-state index < -0.39 is 5.41 Å². The highest BCUT2D eigenvalue weighted by molar-refractivity contribution is 9.10. The van der Waals surface area contributed by atoms with E-state index in [0.29, 0.717) is 18.5 Å². The van der Waals surface area contributed by atoms with Crippen LogP contribution in [0.25, 0.3) is 0 Å². The Bertz CT molecular complexity index is 504. The first kappa shape index (κ1) is 13.1. The fourth-order valence-electron chi connectivity index (χ4n) is 2.26. The van der Waals surface area contributed by atoms with Crippen molar-refractivity contribution in [1.82, 2.24) is 0 Å². The third-order valence-electron chi connectivity index (χ3n) is 3.53. The third-order valence-corrected chi connectivity index (χ3v) is 4.02. The molecule has 5 heteroatoms. The first-order valence-corrected chi connectivity index (χ1v) is 6.55. The van der Waals surface area contributed by atoms with Crippen LogP contribution in [-0.2, 0) is 4.79 Å². The summed E-state index contributed by atoms with van der Waals surface area (Å²) in [5, 5.41) is 0. The fourth-order valence-corrected chi connectivity index (χ4v) is 2.61. The summed E-state index contributed by atoms with van der Waals surface area (Å²) in [6, 6.07) is 5.50. The molecule has 0 spiro atoms. The van der Waals surface area contributed by atoms with Crippen molar-refractivity contribution < 1.29 is 9.59 Å². The van der Waals surface area contributed by atoms with Crippen LogP contribution in [0, 0.1) is 5.41 Å². The molecule has 18 heavy (non-hydrogen) atoms. The molecule has 2 N–H and O–H groups in total. The zero-order valence-corrected chi connectivity index (χ0v) is 11.7. The number of primary amides is 1. The predicted molar refractivity (Wildman–Crippen MR) is 73.7 cm³/mol. The average molecular weight is 311 g/mol. The lowest BCUT2D eigenvalue weighted by atomic mass is 9.89. The first-order chi connectivity index (χ1) is 8.46. The summed E-state index contributed by atoms with van der Waals surface area (Å²) in [6.45, 7) is 3.16. The second-order valence-corrected chi connectivity index (χ2v) is 5.83. The summed E-state index contributed by atoms with van der Waals surface area (Å²) >= 11 is 3.40. The number of hydrogen-bond donors (Lipinski definition) is 1. The monoisotopic (exact) mass is 310 g/mol. The van der Waals surface area contributed by atoms with Gasteiger partial charge in [0.25, 0.3) is 0 Å². The number of aldehydes is 1. The molecule has 0 aromatic heterocycles. The Morgan fingerprint density at radius 3 is 2.83 bits per heavy atom. The fraction of sp³-hybridized carbons (Fsp3) is 0.385. The maximum atomic E-state index is 11.4. The van der Waals surface area contributed by atoms with Crippen LogP contribution in [-0.4, -0.2) is 25.3 Å². The zero-order valence-electron chi connectivity index (χ0n) is 10.1. The highest BCUT2D eigenvalue weighted by Crippen LogP contribution is 2.35. The molecular formula is C13H15BrN2O2. The van der Waals surface area contributed by atoms with Crippen LogP contribution in [0.1, 0.15) is 23.7 Å². The normalized spacial score (nSPS) is 23.1. The van der Waals surface area contributed by atoms with Crippen molar-refractivity contribution in [2.45, 2.75) is 13.3 Å². The van der Waals surface area contributed by atoms with Crippen molar-refractivity contribution in [2.75, 3.05) is 18.0 Å². The van der Waals surface area contributed by atoms with E-state index >= 15 is 0 Å². The number of carbonyl (C=O) groups excluding carboxylic acids is 2. The van der Waals surface area contributed by atoms with Crippen molar-refractivity contribution in [1.29, 1.82) is 0 Å². The number of halogens is 1. The smallest absolute Gasteiger partial charge is 0.225 e. The Kier molecular flexibility index (Phi) is 3.43. The molecule has 1 aliphatic heterocycles. The number of rotatable bonds is 3. The molecule has 0 radical (unpaired) electrons. The molecule has 1 aromatic rings. The van der Waals surface area contributed by atoms with E-state index in [2.05, 4.69) is 15.9 Å². The van der Waals surface area contributed by atoms with E-state index in [1.54, 1.807) is 6.07 Å². The SMILES string of the molecule is CC1(C(N)=O)CCN(c2cc(Br)ccc2C=O)C1. The Labute approximate surface area is 114 Å². The maximum Gasteiger partial charge on any atom is 0.225 e. The number of carbonyl (C=O) groups is 2. The summed E-state index contributed by atoms with van der Waals surface area (Å²) in [6.07, 6.45) is 1.55. The summed E-state index contributed by atoms with van der Waals surface area (Å²) < 4.78 is 0.913. The van der Waals surface area contributed by atoms with Crippen LogP contribution >= 0.6 is 15.9 Å². The molecule has 1 amide bonds. The van der Waals surface area contributed by atoms with Gasteiger partial charge in [0.1, 0.15) is 0 Å². The molecule has 0 bridgehead atoms. The minimum absolute atomic E-state index is 0.285. The quantitative estimate of drug-likeness (QED) is 0.868. The van der Waals surface area contributed by atoms with Gasteiger partial charge in [0.2, 0.25) is 5.91 Å². The highest BCUT2D eigenvalue weighted by atomic mass is 79.9. The van der Waals surface area contributed by atoms with Gasteiger partial charge in [0, 0.05) is 28.8 Å². The Morgan fingerprint density at radius 1 is 1.56 bits per heavy atom. The van der Waals surface area contributed by atoms with E-state index in [9.17, 15) is 9.59 Å². The molecule has 1 unspecified atom stereocenters. The van der Waals surface area contributed by atoms with Crippen LogP contribution in [0.15, 0.2) is 22.7 Å². The van der Waals surface area contributed by atoms with Crippen LogP contribution < -0.4 is 10.6 Å². The number of benzene rings is 1. The lowest BCUT2D eigenvalue weighted by Gasteiger charge is -2.23. The molecule has 1 aromatic carbocycles. The number of amides is 1. The lowest BCUT2D eigenvalue weighted by Crippen LogP contribution is -2.37. The minimum atomic E-state index is -0.511. The van der Waals surface area contributed by atoms with E-state index in [-0.39, 0.29) is 5.91 Å². The van der Waals surface area contributed by atoms with Crippen molar-refractivity contribution in [3.8, 4) is 0 Å². The van der Waals surface area contributed by atoms with Crippen LogP contribution in [0.5, 0.6) is 0 Å². The van der Waals surface area contributed by atoms with Crippen molar-refractivity contribution in [2.24, 2.45) is 11.1 Å². The van der Waals surface area contributed by atoms with Gasteiger partial charge < -0.3 is 10.6 Å². The Morgan fingerprint density at radius 2 is 2.28 bits per heavy atom. The standard InChI is InChI=1S/C13H15BrN2O2/c1-13(12(15)18)4-5-16(8-13)11-6-10(14)3-2-9(11)7-17/h2-3,6-7H,4-5,8H2,1H3,(H2,15,18). The van der Waals surface area contributed by atoms with Crippen LogP contribution in [0.2, 0.25) is 0 Å². The van der Waals surface area contributed by atoms with Gasteiger partial charge in [0.15, 0.2) is 6.29 Å². The Hall–Kier alpha value is -1.36. The van der Waals surface area contributed by atoms with Gasteiger partial charge in [0.05, 0.1) is 5.41 Å².